The summed E-state index contributed by atoms with van der Waals surface area (Å²) < 4.78 is 31.3. The van der Waals surface area contributed by atoms with E-state index in [4.69, 9.17) is 0 Å². The Morgan fingerprint density at radius 3 is 2.39 bits per heavy atom. The zero-order valence-corrected chi connectivity index (χ0v) is 15.4. The standard InChI is InChI=1S/C15H25N5O2S/c1-7-19-10-14(8-16-19)20(9-11(2)3)23(21,22)15-12(4)17-18(6)13(15)5/h8,10-11H,7,9H2,1-6H3. The summed E-state index contributed by atoms with van der Waals surface area (Å²) in [6.07, 6.45) is 3.37. The van der Waals surface area contributed by atoms with Crippen LogP contribution in [0.2, 0.25) is 0 Å². The van der Waals surface area contributed by atoms with E-state index in [1.54, 1.807) is 42.7 Å². The second-order valence-corrected chi connectivity index (χ2v) is 7.91. The molecule has 2 aromatic rings. The Hall–Kier alpha value is -1.83. The highest BCUT2D eigenvalue weighted by Gasteiger charge is 2.32. The third-order valence-corrected chi connectivity index (χ3v) is 5.80. The van der Waals surface area contributed by atoms with Crippen LogP contribution < -0.4 is 4.31 Å². The molecule has 2 aromatic heterocycles. The first-order valence-electron chi connectivity index (χ1n) is 7.73. The summed E-state index contributed by atoms with van der Waals surface area (Å²) >= 11 is 0. The van der Waals surface area contributed by atoms with Crippen molar-refractivity contribution in [1.82, 2.24) is 19.6 Å². The molecule has 0 bridgehead atoms. The van der Waals surface area contributed by atoms with Gasteiger partial charge in [-0.3, -0.25) is 13.7 Å². The van der Waals surface area contributed by atoms with Crippen LogP contribution in [-0.4, -0.2) is 34.5 Å². The molecule has 0 aliphatic carbocycles. The molecule has 2 rings (SSSR count). The van der Waals surface area contributed by atoms with Gasteiger partial charge in [-0.25, -0.2) is 8.42 Å². The maximum Gasteiger partial charge on any atom is 0.268 e. The van der Waals surface area contributed by atoms with E-state index in [-0.39, 0.29) is 10.8 Å². The fourth-order valence-corrected chi connectivity index (χ4v) is 4.57. The summed E-state index contributed by atoms with van der Waals surface area (Å²) in [5.41, 5.74) is 1.74. The van der Waals surface area contributed by atoms with Crippen molar-refractivity contribution in [3.8, 4) is 0 Å². The highest BCUT2D eigenvalue weighted by atomic mass is 32.2. The highest BCUT2D eigenvalue weighted by Crippen LogP contribution is 2.28. The fourth-order valence-electron chi connectivity index (χ4n) is 2.57. The minimum atomic E-state index is -3.69. The SMILES string of the molecule is CCn1cc(N(CC(C)C)S(=O)(=O)c2c(C)nn(C)c2C)cn1. The fraction of sp³-hybridized carbons (Fsp3) is 0.600. The average molecular weight is 339 g/mol. The Bertz CT molecular complexity index is 789. The minimum absolute atomic E-state index is 0.187. The average Bonchev–Trinajstić information content (AvgIpc) is 3.01. The summed E-state index contributed by atoms with van der Waals surface area (Å²) in [7, 11) is -1.93. The van der Waals surface area contributed by atoms with Gasteiger partial charge in [0.05, 0.1) is 23.3 Å². The summed E-state index contributed by atoms with van der Waals surface area (Å²) in [5.74, 6) is 0.187. The van der Waals surface area contributed by atoms with Crippen LogP contribution in [0.15, 0.2) is 17.3 Å². The normalized spacial score (nSPS) is 12.1. The lowest BCUT2D eigenvalue weighted by molar-refractivity contribution is 0.576. The van der Waals surface area contributed by atoms with Crippen molar-refractivity contribution in [1.29, 1.82) is 0 Å². The number of anilines is 1. The molecule has 0 aliphatic heterocycles. The molecule has 0 unspecified atom stereocenters. The topological polar surface area (TPSA) is 73.0 Å². The molecule has 0 saturated heterocycles. The Balaban J connectivity index is 2.57. The van der Waals surface area contributed by atoms with E-state index < -0.39 is 10.0 Å². The lowest BCUT2D eigenvalue weighted by Crippen LogP contribution is -2.34. The molecule has 0 atom stereocenters. The summed E-state index contributed by atoms with van der Waals surface area (Å²) in [5, 5.41) is 8.45. The van der Waals surface area contributed by atoms with Gasteiger partial charge in [-0.1, -0.05) is 13.8 Å². The van der Waals surface area contributed by atoms with Crippen LogP contribution >= 0.6 is 0 Å². The van der Waals surface area contributed by atoms with Crippen LogP contribution in [-0.2, 0) is 23.6 Å². The Kier molecular flexibility index (Phi) is 4.84. The van der Waals surface area contributed by atoms with Gasteiger partial charge in [0.25, 0.3) is 10.0 Å². The maximum atomic E-state index is 13.3. The van der Waals surface area contributed by atoms with Crippen molar-refractivity contribution >= 4 is 15.7 Å². The monoisotopic (exact) mass is 339 g/mol. The van der Waals surface area contributed by atoms with Crippen molar-refractivity contribution in [2.45, 2.75) is 46.1 Å². The molecule has 0 fully saturated rings. The Morgan fingerprint density at radius 1 is 1.30 bits per heavy atom. The van der Waals surface area contributed by atoms with Crippen molar-refractivity contribution in [2.24, 2.45) is 13.0 Å². The first kappa shape index (κ1) is 17.5. The van der Waals surface area contributed by atoms with E-state index in [2.05, 4.69) is 10.2 Å². The van der Waals surface area contributed by atoms with E-state index in [9.17, 15) is 8.42 Å². The lowest BCUT2D eigenvalue weighted by Gasteiger charge is -2.24. The predicted molar refractivity (Wildman–Crippen MR) is 90.0 cm³/mol. The molecular formula is C15H25N5O2S. The molecule has 23 heavy (non-hydrogen) atoms. The number of hydrogen-bond donors (Lipinski definition) is 0. The van der Waals surface area contributed by atoms with E-state index in [0.717, 1.165) is 0 Å². The zero-order valence-electron chi connectivity index (χ0n) is 14.6. The van der Waals surface area contributed by atoms with Gasteiger partial charge >= 0.3 is 0 Å². The molecule has 8 heteroatoms. The molecule has 0 saturated carbocycles. The van der Waals surface area contributed by atoms with Crippen LogP contribution in [0.25, 0.3) is 0 Å². The minimum Gasteiger partial charge on any atom is -0.271 e. The first-order valence-corrected chi connectivity index (χ1v) is 9.17. The van der Waals surface area contributed by atoms with Crippen molar-refractivity contribution in [3.63, 3.8) is 0 Å². The molecular weight excluding hydrogens is 314 g/mol. The number of aromatic nitrogens is 4. The lowest BCUT2D eigenvalue weighted by atomic mass is 10.2. The molecule has 128 valence electrons. The van der Waals surface area contributed by atoms with E-state index in [1.807, 2.05) is 20.8 Å². The van der Waals surface area contributed by atoms with Crippen LogP contribution in [0.4, 0.5) is 5.69 Å². The highest BCUT2D eigenvalue weighted by molar-refractivity contribution is 7.93. The van der Waals surface area contributed by atoms with Crippen LogP contribution in [0.3, 0.4) is 0 Å². The van der Waals surface area contributed by atoms with Gasteiger partial charge in [0.1, 0.15) is 4.90 Å². The summed E-state index contributed by atoms with van der Waals surface area (Å²) in [4.78, 5) is 0.282. The summed E-state index contributed by atoms with van der Waals surface area (Å²) in [6, 6.07) is 0. The van der Waals surface area contributed by atoms with Gasteiger partial charge in [0, 0.05) is 26.3 Å². The van der Waals surface area contributed by atoms with Gasteiger partial charge < -0.3 is 0 Å². The second kappa shape index (κ2) is 6.35. The largest absolute Gasteiger partial charge is 0.271 e. The van der Waals surface area contributed by atoms with Crippen LogP contribution in [0.1, 0.15) is 32.2 Å². The number of hydrogen-bond acceptors (Lipinski definition) is 4. The molecule has 0 radical (unpaired) electrons. The smallest absolute Gasteiger partial charge is 0.268 e. The van der Waals surface area contributed by atoms with Crippen molar-refractivity contribution in [2.75, 3.05) is 10.8 Å². The second-order valence-electron chi connectivity index (χ2n) is 6.11. The molecule has 0 aromatic carbocycles. The molecule has 0 aliphatic rings. The van der Waals surface area contributed by atoms with Gasteiger partial charge in [-0.2, -0.15) is 10.2 Å². The van der Waals surface area contributed by atoms with E-state index in [0.29, 0.717) is 30.2 Å². The van der Waals surface area contributed by atoms with Crippen LogP contribution in [0, 0.1) is 19.8 Å². The number of rotatable bonds is 6. The van der Waals surface area contributed by atoms with E-state index in [1.165, 1.54) is 4.31 Å². The molecule has 0 N–H and O–H groups in total. The van der Waals surface area contributed by atoms with Gasteiger partial charge in [0.15, 0.2) is 0 Å². The van der Waals surface area contributed by atoms with Crippen molar-refractivity contribution < 1.29 is 8.42 Å². The molecule has 0 amide bonds. The first-order chi connectivity index (χ1) is 10.7. The van der Waals surface area contributed by atoms with Gasteiger partial charge in [0.2, 0.25) is 0 Å². The zero-order chi connectivity index (χ0) is 17.4. The number of nitrogens with zero attached hydrogens (tertiary/aromatic N) is 5. The van der Waals surface area contributed by atoms with Crippen LogP contribution in [0.5, 0.6) is 0 Å². The Morgan fingerprint density at radius 2 is 1.96 bits per heavy atom. The van der Waals surface area contributed by atoms with Crippen molar-refractivity contribution in [3.05, 3.63) is 23.8 Å². The predicted octanol–water partition coefficient (Wildman–Crippen LogP) is 2.10. The molecule has 0 spiro atoms. The quantitative estimate of drug-likeness (QED) is 0.808. The maximum absolute atomic E-state index is 13.3. The summed E-state index contributed by atoms with van der Waals surface area (Å²) in [6.45, 7) is 10.5. The molecule has 7 nitrogen and oxygen atoms in total. The Labute approximate surface area is 138 Å². The third kappa shape index (κ3) is 3.26. The number of aryl methyl sites for hydroxylation is 3. The molecule has 2 heterocycles. The number of sulfonamides is 1. The van der Waals surface area contributed by atoms with Gasteiger partial charge in [-0.05, 0) is 26.7 Å². The van der Waals surface area contributed by atoms with Gasteiger partial charge in [-0.15, -0.1) is 0 Å². The van der Waals surface area contributed by atoms with E-state index >= 15 is 0 Å². The third-order valence-electron chi connectivity index (χ3n) is 3.75.